The number of hydrogen-bond donors (Lipinski definition) is 6. The van der Waals surface area contributed by atoms with Gasteiger partial charge in [0.15, 0.2) is 5.78 Å². The molecule has 0 spiro atoms. The van der Waals surface area contributed by atoms with Crippen LogP contribution in [0.5, 0.6) is 0 Å². The zero-order valence-electron chi connectivity index (χ0n) is 8.02. The van der Waals surface area contributed by atoms with Crippen LogP contribution in [0.3, 0.4) is 0 Å². The topological polar surface area (TPSA) is 138 Å². The Morgan fingerprint density at radius 3 is 1.80 bits per heavy atom. The fourth-order valence-corrected chi connectivity index (χ4v) is 0.944. The first-order chi connectivity index (χ1) is 6.95. The van der Waals surface area contributed by atoms with Gasteiger partial charge >= 0.3 is 0 Å². The van der Waals surface area contributed by atoms with Crippen LogP contribution in [0.15, 0.2) is 0 Å². The first-order valence-electron chi connectivity index (χ1n) is 4.43. The summed E-state index contributed by atoms with van der Waals surface area (Å²) < 4.78 is 0. The Morgan fingerprint density at radius 1 is 0.933 bits per heavy atom. The van der Waals surface area contributed by atoms with E-state index in [0.29, 0.717) is 0 Å². The molecule has 4 atom stereocenters. The Hall–Kier alpha value is -0.570. The molecule has 0 aliphatic rings. The Bertz CT molecular complexity index is 195. The number of rotatable bonds is 7. The van der Waals surface area contributed by atoms with Crippen molar-refractivity contribution in [2.45, 2.75) is 30.8 Å². The second-order valence-electron chi connectivity index (χ2n) is 3.12. The lowest BCUT2D eigenvalue weighted by atomic mass is 10.00. The van der Waals surface area contributed by atoms with Crippen molar-refractivity contribution >= 4 is 5.78 Å². The van der Waals surface area contributed by atoms with E-state index in [1.807, 2.05) is 0 Å². The predicted octanol–water partition coefficient (Wildman–Crippen LogP) is -3.63. The SMILES string of the molecule is O=C([C@@H](O)[C@@H](O)CO)[C@H](O)C(O)CCO. The van der Waals surface area contributed by atoms with E-state index in [0.717, 1.165) is 0 Å². The van der Waals surface area contributed by atoms with Gasteiger partial charge in [0.05, 0.1) is 12.7 Å². The molecule has 0 bridgehead atoms. The summed E-state index contributed by atoms with van der Waals surface area (Å²) in [7, 11) is 0. The van der Waals surface area contributed by atoms with Crippen LogP contribution in [-0.4, -0.2) is 74.1 Å². The normalized spacial score (nSPS) is 19.3. The lowest BCUT2D eigenvalue weighted by molar-refractivity contribution is -0.149. The average molecular weight is 224 g/mol. The Balaban J connectivity index is 4.30. The summed E-state index contributed by atoms with van der Waals surface area (Å²) in [6.45, 7) is -1.26. The summed E-state index contributed by atoms with van der Waals surface area (Å²) in [5.74, 6) is -1.20. The van der Waals surface area contributed by atoms with Crippen molar-refractivity contribution in [3.05, 3.63) is 0 Å². The van der Waals surface area contributed by atoms with Crippen molar-refractivity contribution < 1.29 is 35.4 Å². The van der Waals surface area contributed by atoms with E-state index in [2.05, 4.69) is 0 Å². The zero-order valence-corrected chi connectivity index (χ0v) is 8.02. The molecule has 0 aliphatic heterocycles. The van der Waals surface area contributed by atoms with Gasteiger partial charge in [-0.15, -0.1) is 0 Å². The van der Waals surface area contributed by atoms with Crippen LogP contribution in [0.2, 0.25) is 0 Å². The van der Waals surface area contributed by atoms with Gasteiger partial charge in [-0.3, -0.25) is 4.79 Å². The van der Waals surface area contributed by atoms with Crippen LogP contribution in [0.1, 0.15) is 6.42 Å². The maximum absolute atomic E-state index is 11.1. The smallest absolute Gasteiger partial charge is 0.195 e. The van der Waals surface area contributed by atoms with Gasteiger partial charge in [-0.05, 0) is 6.42 Å². The fourth-order valence-electron chi connectivity index (χ4n) is 0.944. The van der Waals surface area contributed by atoms with Crippen molar-refractivity contribution in [2.24, 2.45) is 0 Å². The van der Waals surface area contributed by atoms with E-state index in [1.54, 1.807) is 0 Å². The first-order valence-corrected chi connectivity index (χ1v) is 4.43. The summed E-state index contributed by atoms with van der Waals surface area (Å²) in [5.41, 5.74) is 0. The molecule has 0 radical (unpaired) electrons. The highest BCUT2D eigenvalue weighted by Crippen LogP contribution is 2.05. The number of Topliss-reactive ketones (excluding diaryl/α,β-unsaturated/α-hetero) is 1. The fraction of sp³-hybridized carbons (Fsp3) is 0.875. The molecule has 15 heavy (non-hydrogen) atoms. The molecule has 0 aliphatic carbocycles. The van der Waals surface area contributed by atoms with Gasteiger partial charge in [-0.2, -0.15) is 0 Å². The summed E-state index contributed by atoms with van der Waals surface area (Å²) in [4.78, 5) is 11.1. The lowest BCUT2D eigenvalue weighted by Gasteiger charge is -2.21. The summed E-state index contributed by atoms with van der Waals surface area (Å²) in [5, 5.41) is 53.1. The van der Waals surface area contributed by atoms with Crippen molar-refractivity contribution in [1.82, 2.24) is 0 Å². The third-order valence-electron chi connectivity index (χ3n) is 1.92. The largest absolute Gasteiger partial charge is 0.396 e. The molecule has 0 saturated carbocycles. The van der Waals surface area contributed by atoms with E-state index in [9.17, 15) is 4.79 Å². The van der Waals surface area contributed by atoms with Crippen LogP contribution in [0.25, 0.3) is 0 Å². The molecular formula is C8H16O7. The van der Waals surface area contributed by atoms with Gasteiger partial charge in [0, 0.05) is 6.61 Å². The molecule has 0 aromatic heterocycles. The first kappa shape index (κ1) is 14.4. The summed E-state index contributed by atoms with van der Waals surface area (Å²) in [6.07, 6.45) is -7.29. The molecule has 0 aromatic rings. The van der Waals surface area contributed by atoms with Crippen LogP contribution >= 0.6 is 0 Å². The number of aliphatic hydroxyl groups excluding tert-OH is 6. The monoisotopic (exact) mass is 224 g/mol. The zero-order chi connectivity index (χ0) is 12.0. The van der Waals surface area contributed by atoms with Gasteiger partial charge in [0.2, 0.25) is 0 Å². The minimum Gasteiger partial charge on any atom is -0.396 e. The van der Waals surface area contributed by atoms with Gasteiger partial charge in [-0.25, -0.2) is 0 Å². The number of aliphatic hydroxyl groups is 6. The molecule has 6 N–H and O–H groups in total. The molecule has 90 valence electrons. The molecule has 1 unspecified atom stereocenters. The quantitative estimate of drug-likeness (QED) is 0.262. The Kier molecular flexibility index (Phi) is 6.57. The molecule has 7 heteroatoms. The summed E-state index contributed by atoms with van der Waals surface area (Å²) in [6, 6.07) is 0. The van der Waals surface area contributed by atoms with Crippen LogP contribution in [0, 0.1) is 0 Å². The highest BCUT2D eigenvalue weighted by molar-refractivity contribution is 5.88. The van der Waals surface area contributed by atoms with Gasteiger partial charge in [-0.1, -0.05) is 0 Å². The molecule has 0 fully saturated rings. The minimum atomic E-state index is -1.96. The summed E-state index contributed by atoms with van der Waals surface area (Å²) >= 11 is 0. The molecule has 0 saturated heterocycles. The molecule has 0 heterocycles. The molecule has 0 rings (SSSR count). The standard InChI is InChI=1S/C8H16O7/c9-2-1-4(11)6(13)8(15)7(14)5(12)3-10/h4-7,9-14H,1-3H2/t4?,5-,6+,7-/m0/s1. The van der Waals surface area contributed by atoms with Gasteiger partial charge < -0.3 is 30.6 Å². The van der Waals surface area contributed by atoms with Gasteiger partial charge in [0.1, 0.15) is 18.3 Å². The average Bonchev–Trinajstić information content (AvgIpc) is 2.25. The van der Waals surface area contributed by atoms with E-state index < -0.39 is 43.4 Å². The van der Waals surface area contributed by atoms with Crippen LogP contribution in [-0.2, 0) is 4.79 Å². The maximum Gasteiger partial charge on any atom is 0.195 e. The highest BCUT2D eigenvalue weighted by Gasteiger charge is 2.32. The van der Waals surface area contributed by atoms with E-state index >= 15 is 0 Å². The Labute approximate surface area is 86.2 Å². The van der Waals surface area contributed by atoms with E-state index in [1.165, 1.54) is 0 Å². The number of ketones is 1. The molecular weight excluding hydrogens is 208 g/mol. The van der Waals surface area contributed by atoms with Crippen LogP contribution in [0.4, 0.5) is 0 Å². The molecule has 0 aromatic carbocycles. The third-order valence-corrected chi connectivity index (χ3v) is 1.92. The predicted molar refractivity (Wildman–Crippen MR) is 47.8 cm³/mol. The van der Waals surface area contributed by atoms with E-state index in [-0.39, 0.29) is 6.42 Å². The number of carbonyl (C=O) groups excluding carboxylic acids is 1. The third kappa shape index (κ3) is 4.20. The van der Waals surface area contributed by atoms with E-state index in [4.69, 9.17) is 30.6 Å². The van der Waals surface area contributed by atoms with Gasteiger partial charge in [0.25, 0.3) is 0 Å². The minimum absolute atomic E-state index is 0.227. The van der Waals surface area contributed by atoms with Crippen molar-refractivity contribution in [1.29, 1.82) is 0 Å². The highest BCUT2D eigenvalue weighted by atomic mass is 16.4. The maximum atomic E-state index is 11.1. The van der Waals surface area contributed by atoms with Crippen LogP contribution < -0.4 is 0 Å². The second kappa shape index (κ2) is 6.83. The van der Waals surface area contributed by atoms with Crippen molar-refractivity contribution in [3.63, 3.8) is 0 Å². The number of carbonyl (C=O) groups is 1. The molecule has 7 nitrogen and oxygen atoms in total. The van der Waals surface area contributed by atoms with Crippen molar-refractivity contribution in [2.75, 3.05) is 13.2 Å². The molecule has 0 amide bonds. The number of hydrogen-bond acceptors (Lipinski definition) is 7. The Morgan fingerprint density at radius 2 is 1.40 bits per heavy atom. The lowest BCUT2D eigenvalue weighted by Crippen LogP contribution is -2.46. The van der Waals surface area contributed by atoms with Crippen molar-refractivity contribution in [3.8, 4) is 0 Å². The second-order valence-corrected chi connectivity index (χ2v) is 3.12.